The van der Waals surface area contributed by atoms with Crippen molar-refractivity contribution in [3.05, 3.63) is 23.9 Å². The Hall–Kier alpha value is -2.11. The van der Waals surface area contributed by atoms with Gasteiger partial charge in [0.05, 0.1) is 6.54 Å². The van der Waals surface area contributed by atoms with Crippen LogP contribution >= 0.6 is 0 Å². The van der Waals surface area contributed by atoms with Crippen LogP contribution in [0.4, 0.5) is 5.82 Å². The SMILES string of the molecule is CN(C)c1ccc(CNC(=O)CNC(=O)C23CC4CC(CC(C4)C2)C3)cn1. The zero-order valence-corrected chi connectivity index (χ0v) is 16.3. The summed E-state index contributed by atoms with van der Waals surface area (Å²) in [7, 11) is 3.88. The summed E-state index contributed by atoms with van der Waals surface area (Å²) in [5.74, 6) is 3.03. The maximum Gasteiger partial charge on any atom is 0.239 e. The second-order valence-electron chi connectivity index (χ2n) is 9.08. The van der Waals surface area contributed by atoms with Gasteiger partial charge in [-0.1, -0.05) is 6.07 Å². The molecular weight excluding hydrogens is 340 g/mol. The molecule has 0 atom stereocenters. The highest BCUT2D eigenvalue weighted by molar-refractivity contribution is 5.88. The lowest BCUT2D eigenvalue weighted by molar-refractivity contribution is -0.147. The fourth-order valence-electron chi connectivity index (χ4n) is 5.79. The van der Waals surface area contributed by atoms with E-state index in [-0.39, 0.29) is 23.8 Å². The summed E-state index contributed by atoms with van der Waals surface area (Å²) in [6.45, 7) is 0.483. The maximum absolute atomic E-state index is 12.9. The topological polar surface area (TPSA) is 74.3 Å². The molecule has 0 saturated heterocycles. The van der Waals surface area contributed by atoms with Crippen LogP contribution in [0.15, 0.2) is 18.3 Å². The van der Waals surface area contributed by atoms with Crippen LogP contribution in [-0.4, -0.2) is 37.4 Å². The van der Waals surface area contributed by atoms with Crippen LogP contribution < -0.4 is 15.5 Å². The summed E-state index contributed by atoms with van der Waals surface area (Å²) in [6, 6.07) is 3.88. The summed E-state index contributed by atoms with van der Waals surface area (Å²) in [6.07, 6.45) is 8.78. The van der Waals surface area contributed by atoms with Crippen molar-refractivity contribution in [1.29, 1.82) is 0 Å². The highest BCUT2D eigenvalue weighted by Gasteiger charge is 2.54. The van der Waals surface area contributed by atoms with Gasteiger partial charge in [-0.15, -0.1) is 0 Å². The Morgan fingerprint density at radius 2 is 1.70 bits per heavy atom. The van der Waals surface area contributed by atoms with Crippen LogP contribution in [0, 0.1) is 23.2 Å². The molecule has 6 heteroatoms. The Kier molecular flexibility index (Phi) is 4.82. The number of amides is 2. The molecule has 2 N–H and O–H groups in total. The van der Waals surface area contributed by atoms with E-state index >= 15 is 0 Å². The molecule has 1 heterocycles. The number of pyridine rings is 1. The zero-order valence-electron chi connectivity index (χ0n) is 16.3. The number of hydrogen-bond acceptors (Lipinski definition) is 4. The number of carbonyl (C=O) groups is 2. The molecule has 2 amide bonds. The highest BCUT2D eigenvalue weighted by Crippen LogP contribution is 2.60. The Labute approximate surface area is 161 Å². The largest absolute Gasteiger partial charge is 0.363 e. The predicted molar refractivity (Wildman–Crippen MR) is 104 cm³/mol. The number of carbonyl (C=O) groups excluding carboxylic acids is 2. The van der Waals surface area contributed by atoms with Crippen molar-refractivity contribution in [2.75, 3.05) is 25.5 Å². The third-order valence-corrected chi connectivity index (χ3v) is 6.69. The molecule has 27 heavy (non-hydrogen) atoms. The second-order valence-corrected chi connectivity index (χ2v) is 9.08. The third-order valence-electron chi connectivity index (χ3n) is 6.69. The number of nitrogens with zero attached hydrogens (tertiary/aromatic N) is 2. The zero-order chi connectivity index (χ0) is 19.0. The third kappa shape index (κ3) is 3.80. The average Bonchev–Trinajstić information content (AvgIpc) is 2.63. The summed E-state index contributed by atoms with van der Waals surface area (Å²) >= 11 is 0. The molecule has 0 spiro atoms. The van der Waals surface area contributed by atoms with E-state index in [4.69, 9.17) is 0 Å². The smallest absolute Gasteiger partial charge is 0.239 e. The molecule has 0 aromatic carbocycles. The van der Waals surface area contributed by atoms with Crippen LogP contribution in [0.3, 0.4) is 0 Å². The molecule has 4 aliphatic carbocycles. The van der Waals surface area contributed by atoms with Gasteiger partial charge < -0.3 is 15.5 Å². The van der Waals surface area contributed by atoms with E-state index in [1.165, 1.54) is 19.3 Å². The minimum atomic E-state index is -0.193. The Balaban J connectivity index is 1.25. The summed E-state index contributed by atoms with van der Waals surface area (Å²) in [5.41, 5.74) is 0.752. The number of rotatable bonds is 6. The van der Waals surface area contributed by atoms with Crippen molar-refractivity contribution in [2.45, 2.75) is 45.1 Å². The lowest BCUT2D eigenvalue weighted by atomic mass is 9.49. The van der Waals surface area contributed by atoms with Crippen LogP contribution in [0.1, 0.15) is 44.1 Å². The minimum absolute atomic E-state index is 0.0593. The summed E-state index contributed by atoms with van der Waals surface area (Å²) in [5, 5.41) is 5.80. The summed E-state index contributed by atoms with van der Waals surface area (Å²) < 4.78 is 0. The minimum Gasteiger partial charge on any atom is -0.363 e. The van der Waals surface area contributed by atoms with E-state index in [9.17, 15) is 9.59 Å². The molecule has 1 aromatic heterocycles. The summed E-state index contributed by atoms with van der Waals surface area (Å²) in [4.78, 5) is 31.3. The van der Waals surface area contributed by atoms with Crippen molar-refractivity contribution in [3.8, 4) is 0 Å². The predicted octanol–water partition coefficient (Wildman–Crippen LogP) is 2.10. The van der Waals surface area contributed by atoms with Crippen LogP contribution in [0.5, 0.6) is 0 Å². The van der Waals surface area contributed by atoms with E-state index in [1.807, 2.05) is 31.1 Å². The van der Waals surface area contributed by atoms with E-state index in [0.717, 1.165) is 48.4 Å². The maximum atomic E-state index is 12.9. The first-order valence-electron chi connectivity index (χ1n) is 10.1. The molecule has 5 rings (SSSR count). The van der Waals surface area contributed by atoms with Gasteiger partial charge in [0.2, 0.25) is 11.8 Å². The second kappa shape index (κ2) is 7.13. The molecule has 1 aromatic rings. The molecular formula is C21H30N4O2. The van der Waals surface area contributed by atoms with Gasteiger partial charge in [0.25, 0.3) is 0 Å². The normalized spacial score (nSPS) is 30.8. The molecule has 0 aliphatic heterocycles. The van der Waals surface area contributed by atoms with Gasteiger partial charge in [0, 0.05) is 32.3 Å². The number of hydrogen-bond donors (Lipinski definition) is 2. The van der Waals surface area contributed by atoms with E-state index < -0.39 is 0 Å². The van der Waals surface area contributed by atoms with Crippen molar-refractivity contribution in [1.82, 2.24) is 15.6 Å². The quantitative estimate of drug-likeness (QED) is 0.804. The highest BCUT2D eigenvalue weighted by atomic mass is 16.2. The van der Waals surface area contributed by atoms with Crippen molar-refractivity contribution in [3.63, 3.8) is 0 Å². The number of nitrogens with one attached hydrogen (secondary N) is 2. The van der Waals surface area contributed by atoms with Gasteiger partial charge in [-0.25, -0.2) is 4.98 Å². The van der Waals surface area contributed by atoms with E-state index in [0.29, 0.717) is 6.54 Å². The van der Waals surface area contributed by atoms with Crippen molar-refractivity contribution in [2.24, 2.45) is 23.2 Å². The van der Waals surface area contributed by atoms with Crippen LogP contribution in [-0.2, 0) is 16.1 Å². The standard InChI is InChI=1S/C21H30N4O2/c1-25(2)18-4-3-14(11-22-18)12-23-19(26)13-24-20(27)21-8-15-5-16(9-21)7-17(6-15)10-21/h3-4,11,15-17H,5-10,12-13H2,1-2H3,(H,23,26)(H,24,27). The first-order chi connectivity index (χ1) is 12.9. The average molecular weight is 370 g/mol. The molecule has 0 radical (unpaired) electrons. The molecule has 0 unspecified atom stereocenters. The molecule has 146 valence electrons. The fourth-order valence-corrected chi connectivity index (χ4v) is 5.79. The lowest BCUT2D eigenvalue weighted by Crippen LogP contribution is -2.54. The molecule has 4 aliphatic rings. The number of aromatic nitrogens is 1. The Bertz CT molecular complexity index is 678. The molecule has 4 saturated carbocycles. The van der Waals surface area contributed by atoms with Crippen LogP contribution in [0.2, 0.25) is 0 Å². The van der Waals surface area contributed by atoms with Gasteiger partial charge >= 0.3 is 0 Å². The lowest BCUT2D eigenvalue weighted by Gasteiger charge is -2.55. The monoisotopic (exact) mass is 370 g/mol. The number of anilines is 1. The van der Waals surface area contributed by atoms with Gasteiger partial charge in [-0.3, -0.25) is 9.59 Å². The van der Waals surface area contributed by atoms with Gasteiger partial charge in [0.15, 0.2) is 0 Å². The van der Waals surface area contributed by atoms with Gasteiger partial charge in [0.1, 0.15) is 5.82 Å². The Morgan fingerprint density at radius 3 is 2.22 bits per heavy atom. The Morgan fingerprint density at radius 1 is 1.07 bits per heavy atom. The first kappa shape index (κ1) is 18.3. The van der Waals surface area contributed by atoms with Gasteiger partial charge in [-0.05, 0) is 67.9 Å². The fraction of sp³-hybridized carbons (Fsp3) is 0.667. The van der Waals surface area contributed by atoms with Gasteiger partial charge in [-0.2, -0.15) is 0 Å². The van der Waals surface area contributed by atoms with Crippen molar-refractivity contribution < 1.29 is 9.59 Å². The molecule has 4 bridgehead atoms. The van der Waals surface area contributed by atoms with Crippen LogP contribution in [0.25, 0.3) is 0 Å². The molecule has 4 fully saturated rings. The first-order valence-corrected chi connectivity index (χ1v) is 10.1. The molecule has 6 nitrogen and oxygen atoms in total. The van der Waals surface area contributed by atoms with Crippen molar-refractivity contribution >= 4 is 17.6 Å². The van der Waals surface area contributed by atoms with E-state index in [2.05, 4.69) is 15.6 Å². The van der Waals surface area contributed by atoms with E-state index in [1.54, 1.807) is 6.20 Å².